The van der Waals surface area contributed by atoms with Crippen molar-refractivity contribution in [3.05, 3.63) is 0 Å². The van der Waals surface area contributed by atoms with Crippen LogP contribution in [0, 0.1) is 0 Å². The van der Waals surface area contributed by atoms with Gasteiger partial charge in [-0.25, -0.2) is 9.78 Å². The fraction of sp³-hybridized carbons (Fsp3) is 1.00. The summed E-state index contributed by atoms with van der Waals surface area (Å²) in [5.41, 5.74) is 0. The zero-order valence-electron chi connectivity index (χ0n) is 9.28. The first kappa shape index (κ1) is 15.7. The van der Waals surface area contributed by atoms with Gasteiger partial charge in [-0.3, -0.25) is 0 Å². The van der Waals surface area contributed by atoms with Crippen LogP contribution >= 0.6 is 0 Å². The summed E-state index contributed by atoms with van der Waals surface area (Å²) >= 11 is 0. The van der Waals surface area contributed by atoms with E-state index in [9.17, 15) is 0 Å². The van der Waals surface area contributed by atoms with E-state index in [4.69, 9.17) is 25.2 Å². The lowest BCUT2D eigenvalue weighted by atomic mass is 10.4. The van der Waals surface area contributed by atoms with Crippen molar-refractivity contribution in [2.45, 2.75) is 25.2 Å². The molecule has 98 valence electrons. The minimum Gasteiger partial charge on any atom is -0.394 e. The maximum Gasteiger partial charge on any atom is 0.110 e. The molecule has 3 unspecified atom stereocenters. The van der Waals surface area contributed by atoms with E-state index in [0.717, 1.165) is 6.61 Å². The van der Waals surface area contributed by atoms with Gasteiger partial charge >= 0.3 is 0 Å². The third-order valence-corrected chi connectivity index (χ3v) is 1.53. The zero-order valence-corrected chi connectivity index (χ0v) is 9.28. The van der Waals surface area contributed by atoms with Gasteiger partial charge in [0.05, 0.1) is 25.9 Å². The molecule has 1 aliphatic rings. The molecule has 1 saturated heterocycles. The molecule has 1 fully saturated rings. The Bertz CT molecular complexity index is 139. The van der Waals surface area contributed by atoms with Crippen molar-refractivity contribution in [2.24, 2.45) is 0 Å². The fourth-order valence-electron chi connectivity index (χ4n) is 0.455. The summed E-state index contributed by atoms with van der Waals surface area (Å²) in [6.45, 7) is 1.88. The van der Waals surface area contributed by atoms with Crippen molar-refractivity contribution in [3.8, 4) is 0 Å². The summed E-state index contributed by atoms with van der Waals surface area (Å²) in [5.74, 6) is 0. The number of hydrogen-bond donors (Lipinski definition) is 4. The standard InChI is InChI=1S/C6H14O6.C3H6O/c7-1-5(9)3-11-12-4-6(10)2-8;1-3-2-4-3/h5-10H,1-4H2;3H,2H2,1H3. The number of ether oxygens (including phenoxy) is 1. The van der Waals surface area contributed by atoms with Crippen LogP contribution in [0.3, 0.4) is 0 Å². The molecule has 7 nitrogen and oxygen atoms in total. The van der Waals surface area contributed by atoms with Gasteiger partial charge in [0.2, 0.25) is 0 Å². The Kier molecular flexibility index (Phi) is 9.74. The van der Waals surface area contributed by atoms with Crippen molar-refractivity contribution in [1.82, 2.24) is 0 Å². The van der Waals surface area contributed by atoms with Gasteiger partial charge in [0, 0.05) is 0 Å². The highest BCUT2D eigenvalue weighted by Gasteiger charge is 2.13. The van der Waals surface area contributed by atoms with Gasteiger partial charge in [-0.2, -0.15) is 0 Å². The van der Waals surface area contributed by atoms with Gasteiger partial charge in [0.1, 0.15) is 25.4 Å². The Morgan fingerprint density at radius 3 is 1.62 bits per heavy atom. The molecule has 4 N–H and O–H groups in total. The maximum atomic E-state index is 8.71. The molecule has 1 aliphatic heterocycles. The first-order valence-electron chi connectivity index (χ1n) is 5.04. The maximum absolute atomic E-state index is 8.71. The molecule has 0 bridgehead atoms. The second-order valence-corrected chi connectivity index (χ2v) is 3.39. The van der Waals surface area contributed by atoms with E-state index in [1.165, 1.54) is 0 Å². The Balaban J connectivity index is 0.000000462. The van der Waals surface area contributed by atoms with Crippen LogP contribution in [-0.4, -0.2) is 71.8 Å². The Morgan fingerprint density at radius 2 is 1.44 bits per heavy atom. The van der Waals surface area contributed by atoms with Gasteiger partial charge in [-0.05, 0) is 6.92 Å². The molecule has 0 spiro atoms. The van der Waals surface area contributed by atoms with Crippen LogP contribution in [0.25, 0.3) is 0 Å². The van der Waals surface area contributed by atoms with Crippen molar-refractivity contribution in [3.63, 3.8) is 0 Å². The lowest BCUT2D eigenvalue weighted by molar-refractivity contribution is -0.316. The summed E-state index contributed by atoms with van der Waals surface area (Å²) in [4.78, 5) is 8.76. The molecule has 7 heteroatoms. The van der Waals surface area contributed by atoms with Crippen LogP contribution in [0.2, 0.25) is 0 Å². The smallest absolute Gasteiger partial charge is 0.110 e. The highest BCUT2D eigenvalue weighted by molar-refractivity contribution is 4.58. The molecule has 16 heavy (non-hydrogen) atoms. The number of hydrogen-bond acceptors (Lipinski definition) is 7. The van der Waals surface area contributed by atoms with E-state index in [2.05, 4.69) is 16.7 Å². The molecule has 0 aromatic carbocycles. The molecule has 1 rings (SSSR count). The monoisotopic (exact) mass is 240 g/mol. The largest absolute Gasteiger partial charge is 0.394 e. The van der Waals surface area contributed by atoms with Crippen LogP contribution < -0.4 is 0 Å². The van der Waals surface area contributed by atoms with Crippen LogP contribution in [-0.2, 0) is 14.5 Å². The van der Waals surface area contributed by atoms with Gasteiger partial charge in [-0.1, -0.05) is 0 Å². The topological polar surface area (TPSA) is 112 Å². The highest BCUT2D eigenvalue weighted by Crippen LogP contribution is 2.04. The second-order valence-electron chi connectivity index (χ2n) is 3.39. The number of aliphatic hydroxyl groups excluding tert-OH is 4. The van der Waals surface area contributed by atoms with E-state index in [1.807, 2.05) is 0 Å². The van der Waals surface area contributed by atoms with Crippen LogP contribution in [0.1, 0.15) is 6.92 Å². The molecule has 1 heterocycles. The third-order valence-electron chi connectivity index (χ3n) is 1.53. The highest BCUT2D eigenvalue weighted by atomic mass is 17.2. The molecular weight excluding hydrogens is 220 g/mol. The Hall–Kier alpha value is -0.280. The average Bonchev–Trinajstić information content (AvgIpc) is 3.07. The Labute approximate surface area is 94.1 Å². The van der Waals surface area contributed by atoms with Gasteiger partial charge in [0.15, 0.2) is 0 Å². The quantitative estimate of drug-likeness (QED) is 0.177. The van der Waals surface area contributed by atoms with Crippen molar-refractivity contribution >= 4 is 0 Å². The summed E-state index contributed by atoms with van der Waals surface area (Å²) in [5, 5.41) is 34.1. The van der Waals surface area contributed by atoms with Crippen molar-refractivity contribution in [2.75, 3.05) is 33.0 Å². The predicted octanol–water partition coefficient (Wildman–Crippen LogP) is -1.95. The van der Waals surface area contributed by atoms with Gasteiger partial charge in [-0.15, -0.1) is 0 Å². The molecule has 0 aliphatic carbocycles. The number of epoxide rings is 1. The van der Waals surface area contributed by atoms with E-state index in [1.54, 1.807) is 0 Å². The fourth-order valence-corrected chi connectivity index (χ4v) is 0.455. The number of aliphatic hydroxyl groups is 4. The third kappa shape index (κ3) is 11.8. The summed E-state index contributed by atoms with van der Waals surface area (Å²) in [7, 11) is 0. The molecular formula is C9H20O7. The van der Waals surface area contributed by atoms with E-state index in [-0.39, 0.29) is 13.2 Å². The van der Waals surface area contributed by atoms with E-state index < -0.39 is 25.4 Å². The first-order valence-corrected chi connectivity index (χ1v) is 5.04. The summed E-state index contributed by atoms with van der Waals surface area (Å²) < 4.78 is 4.71. The van der Waals surface area contributed by atoms with E-state index in [0.29, 0.717) is 6.10 Å². The van der Waals surface area contributed by atoms with Crippen molar-refractivity contribution in [1.29, 1.82) is 0 Å². The predicted molar refractivity (Wildman–Crippen MR) is 53.5 cm³/mol. The lowest BCUT2D eigenvalue weighted by Gasteiger charge is -2.09. The van der Waals surface area contributed by atoms with Crippen LogP contribution in [0.5, 0.6) is 0 Å². The van der Waals surface area contributed by atoms with E-state index >= 15 is 0 Å². The molecule has 0 saturated carbocycles. The second kappa shape index (κ2) is 9.91. The van der Waals surface area contributed by atoms with Crippen molar-refractivity contribution < 1.29 is 34.9 Å². The molecule has 0 aromatic rings. The lowest BCUT2D eigenvalue weighted by Crippen LogP contribution is -2.23. The molecule has 3 atom stereocenters. The van der Waals surface area contributed by atoms with Crippen LogP contribution in [0.15, 0.2) is 0 Å². The SMILES string of the molecule is CC1CO1.OCC(O)COOCC(O)CO. The minimum atomic E-state index is -0.990. The van der Waals surface area contributed by atoms with Gasteiger partial charge < -0.3 is 25.2 Å². The van der Waals surface area contributed by atoms with Crippen LogP contribution in [0.4, 0.5) is 0 Å². The molecule has 0 radical (unpaired) electrons. The minimum absolute atomic E-state index is 0.172. The van der Waals surface area contributed by atoms with Gasteiger partial charge in [0.25, 0.3) is 0 Å². The number of rotatable bonds is 7. The molecule has 0 aromatic heterocycles. The normalized spacial score (nSPS) is 21.9. The first-order chi connectivity index (χ1) is 7.60. The summed E-state index contributed by atoms with van der Waals surface area (Å²) in [6.07, 6.45) is -1.40. The average molecular weight is 240 g/mol. The zero-order chi connectivity index (χ0) is 12.4. The molecule has 0 amide bonds. The summed E-state index contributed by atoms with van der Waals surface area (Å²) in [6, 6.07) is 0. The Morgan fingerprint density at radius 1 is 1.12 bits per heavy atom.